The first-order valence-corrected chi connectivity index (χ1v) is 7.35. The third kappa shape index (κ3) is 2.83. The number of carboxylic acid groups (broad SMARTS) is 1. The Labute approximate surface area is 137 Å². The van der Waals surface area contributed by atoms with Gasteiger partial charge < -0.3 is 9.67 Å². The molecule has 1 aromatic carbocycles. The molecule has 0 aliphatic rings. The van der Waals surface area contributed by atoms with Gasteiger partial charge in [0.25, 0.3) is 0 Å². The molecule has 0 saturated carbocycles. The minimum Gasteiger partial charge on any atom is -0.477 e. The summed E-state index contributed by atoms with van der Waals surface area (Å²) in [5.41, 5.74) is 3.03. The second-order valence-electron chi connectivity index (χ2n) is 5.14. The van der Waals surface area contributed by atoms with Crippen LogP contribution in [-0.4, -0.2) is 25.6 Å². The SMILES string of the molecule is C=Cc1ccc(Cn2c(C)nc3ccc(C(=O)O)nc32)c(Cl)c1. The maximum atomic E-state index is 11.1. The zero-order valence-corrected chi connectivity index (χ0v) is 13.2. The van der Waals surface area contributed by atoms with Crippen LogP contribution < -0.4 is 0 Å². The predicted molar refractivity (Wildman–Crippen MR) is 89.9 cm³/mol. The number of rotatable bonds is 4. The number of aromatic nitrogens is 3. The van der Waals surface area contributed by atoms with Crippen molar-refractivity contribution in [2.24, 2.45) is 0 Å². The molecular weight excluding hydrogens is 314 g/mol. The summed E-state index contributed by atoms with van der Waals surface area (Å²) >= 11 is 6.31. The minimum atomic E-state index is -1.06. The average molecular weight is 328 g/mol. The van der Waals surface area contributed by atoms with Gasteiger partial charge in [0, 0.05) is 5.02 Å². The van der Waals surface area contributed by atoms with E-state index in [0.29, 0.717) is 22.7 Å². The van der Waals surface area contributed by atoms with Gasteiger partial charge in [0.1, 0.15) is 11.3 Å². The summed E-state index contributed by atoms with van der Waals surface area (Å²) in [6, 6.07) is 8.81. The van der Waals surface area contributed by atoms with Gasteiger partial charge >= 0.3 is 5.97 Å². The van der Waals surface area contributed by atoms with E-state index in [9.17, 15) is 4.79 Å². The van der Waals surface area contributed by atoms with Crippen molar-refractivity contribution < 1.29 is 9.90 Å². The van der Waals surface area contributed by atoms with E-state index in [-0.39, 0.29) is 5.69 Å². The zero-order chi connectivity index (χ0) is 16.6. The fourth-order valence-corrected chi connectivity index (χ4v) is 2.66. The molecule has 116 valence electrons. The molecule has 0 atom stereocenters. The number of benzene rings is 1. The molecule has 5 nitrogen and oxygen atoms in total. The van der Waals surface area contributed by atoms with Crippen molar-refractivity contribution in [1.29, 1.82) is 0 Å². The van der Waals surface area contributed by atoms with Crippen LogP contribution in [0.15, 0.2) is 36.9 Å². The normalized spacial score (nSPS) is 10.9. The standard InChI is InChI=1S/C17H14ClN3O2/c1-3-11-4-5-12(13(18)8-11)9-21-10(2)19-14-6-7-15(17(22)23)20-16(14)21/h3-8H,1,9H2,2H3,(H,22,23). The van der Waals surface area contributed by atoms with Gasteiger partial charge in [-0.15, -0.1) is 0 Å². The monoisotopic (exact) mass is 327 g/mol. The molecule has 1 N–H and O–H groups in total. The maximum absolute atomic E-state index is 11.1. The van der Waals surface area contributed by atoms with Crippen LogP contribution in [0.5, 0.6) is 0 Å². The third-order valence-electron chi connectivity index (χ3n) is 3.64. The highest BCUT2D eigenvalue weighted by molar-refractivity contribution is 6.31. The highest BCUT2D eigenvalue weighted by Crippen LogP contribution is 2.22. The van der Waals surface area contributed by atoms with E-state index in [2.05, 4.69) is 16.5 Å². The molecule has 0 unspecified atom stereocenters. The van der Waals surface area contributed by atoms with Crippen molar-refractivity contribution >= 4 is 34.8 Å². The molecule has 0 radical (unpaired) electrons. The maximum Gasteiger partial charge on any atom is 0.354 e. The Morgan fingerprint density at radius 3 is 2.78 bits per heavy atom. The van der Waals surface area contributed by atoms with Gasteiger partial charge in [0.2, 0.25) is 0 Å². The van der Waals surface area contributed by atoms with E-state index in [1.54, 1.807) is 12.1 Å². The second-order valence-corrected chi connectivity index (χ2v) is 5.55. The van der Waals surface area contributed by atoms with Crippen LogP contribution in [0.4, 0.5) is 0 Å². The van der Waals surface area contributed by atoms with Crippen LogP contribution in [0.3, 0.4) is 0 Å². The number of aryl methyl sites for hydroxylation is 1. The first-order valence-electron chi connectivity index (χ1n) is 6.97. The smallest absolute Gasteiger partial charge is 0.354 e. The van der Waals surface area contributed by atoms with Crippen LogP contribution in [0, 0.1) is 6.92 Å². The van der Waals surface area contributed by atoms with Gasteiger partial charge in [-0.25, -0.2) is 14.8 Å². The summed E-state index contributed by atoms with van der Waals surface area (Å²) < 4.78 is 1.86. The molecule has 3 aromatic rings. The van der Waals surface area contributed by atoms with Crippen molar-refractivity contribution in [3.8, 4) is 0 Å². The zero-order valence-electron chi connectivity index (χ0n) is 12.5. The molecule has 2 heterocycles. The molecule has 0 amide bonds. The summed E-state index contributed by atoms with van der Waals surface area (Å²) in [6.07, 6.45) is 1.73. The fourth-order valence-electron chi connectivity index (χ4n) is 2.41. The number of halogens is 1. The average Bonchev–Trinajstić information content (AvgIpc) is 2.84. The Balaban J connectivity index is 2.08. The number of hydrogen-bond donors (Lipinski definition) is 1. The number of imidazole rings is 1. The van der Waals surface area contributed by atoms with Crippen molar-refractivity contribution in [3.63, 3.8) is 0 Å². The Bertz CT molecular complexity index is 931. The summed E-state index contributed by atoms with van der Waals surface area (Å²) in [5, 5.41) is 9.73. The molecular formula is C17H14ClN3O2. The number of carbonyl (C=O) groups is 1. The van der Waals surface area contributed by atoms with Gasteiger partial charge in [-0.2, -0.15) is 0 Å². The number of pyridine rings is 1. The molecule has 0 saturated heterocycles. The third-order valence-corrected chi connectivity index (χ3v) is 4.00. The van der Waals surface area contributed by atoms with E-state index < -0.39 is 5.97 Å². The number of fused-ring (bicyclic) bond motifs is 1. The summed E-state index contributed by atoms with van der Waals surface area (Å²) in [7, 11) is 0. The van der Waals surface area contributed by atoms with Crippen LogP contribution in [-0.2, 0) is 6.54 Å². The van der Waals surface area contributed by atoms with Gasteiger partial charge in [-0.05, 0) is 36.2 Å². The van der Waals surface area contributed by atoms with Gasteiger partial charge in [0.15, 0.2) is 11.3 Å². The summed E-state index contributed by atoms with van der Waals surface area (Å²) in [4.78, 5) is 19.7. The van der Waals surface area contributed by atoms with Crippen LogP contribution in [0.2, 0.25) is 5.02 Å². The largest absolute Gasteiger partial charge is 0.477 e. The lowest BCUT2D eigenvalue weighted by atomic mass is 10.1. The van der Waals surface area contributed by atoms with Gasteiger partial charge in [0.05, 0.1) is 6.54 Å². The number of aromatic carboxylic acids is 1. The van der Waals surface area contributed by atoms with Crippen molar-refractivity contribution in [2.45, 2.75) is 13.5 Å². The van der Waals surface area contributed by atoms with Crippen molar-refractivity contribution in [3.05, 3.63) is 64.6 Å². The molecule has 23 heavy (non-hydrogen) atoms. The molecule has 0 aliphatic heterocycles. The summed E-state index contributed by atoms with van der Waals surface area (Å²) in [6.45, 7) is 6.04. The van der Waals surface area contributed by atoms with Crippen LogP contribution >= 0.6 is 11.6 Å². The van der Waals surface area contributed by atoms with E-state index in [1.807, 2.05) is 29.7 Å². The molecule has 0 spiro atoms. The molecule has 0 aliphatic carbocycles. The lowest BCUT2D eigenvalue weighted by Gasteiger charge is -2.09. The molecule has 3 rings (SSSR count). The second kappa shape index (κ2) is 5.85. The van der Waals surface area contributed by atoms with Crippen molar-refractivity contribution in [2.75, 3.05) is 0 Å². The highest BCUT2D eigenvalue weighted by atomic mass is 35.5. The lowest BCUT2D eigenvalue weighted by Crippen LogP contribution is -2.06. The molecule has 0 fully saturated rings. The Morgan fingerprint density at radius 2 is 2.13 bits per heavy atom. The Hall–Kier alpha value is -2.66. The number of nitrogens with zero attached hydrogens (tertiary/aromatic N) is 3. The predicted octanol–water partition coefficient (Wildman–Crippen LogP) is 3.78. The quantitative estimate of drug-likeness (QED) is 0.791. The Morgan fingerprint density at radius 1 is 1.35 bits per heavy atom. The van der Waals surface area contributed by atoms with Gasteiger partial charge in [-0.3, -0.25) is 0 Å². The molecule has 6 heteroatoms. The van der Waals surface area contributed by atoms with E-state index in [1.165, 1.54) is 6.07 Å². The molecule has 0 bridgehead atoms. The van der Waals surface area contributed by atoms with E-state index >= 15 is 0 Å². The number of hydrogen-bond acceptors (Lipinski definition) is 3. The minimum absolute atomic E-state index is 0.00764. The highest BCUT2D eigenvalue weighted by Gasteiger charge is 2.14. The molecule has 2 aromatic heterocycles. The van der Waals surface area contributed by atoms with Crippen molar-refractivity contribution in [1.82, 2.24) is 14.5 Å². The topological polar surface area (TPSA) is 68.0 Å². The Kier molecular flexibility index (Phi) is 3.88. The number of carboxylic acids is 1. The van der Waals surface area contributed by atoms with E-state index in [0.717, 1.165) is 17.0 Å². The van der Waals surface area contributed by atoms with Crippen LogP contribution in [0.1, 0.15) is 27.4 Å². The first kappa shape index (κ1) is 15.2. The van der Waals surface area contributed by atoms with Crippen LogP contribution in [0.25, 0.3) is 17.2 Å². The van der Waals surface area contributed by atoms with E-state index in [4.69, 9.17) is 16.7 Å². The lowest BCUT2D eigenvalue weighted by molar-refractivity contribution is 0.0691. The fraction of sp³-hybridized carbons (Fsp3) is 0.118. The first-order chi connectivity index (χ1) is 11.0. The summed E-state index contributed by atoms with van der Waals surface area (Å²) in [5.74, 6) is -0.315. The van der Waals surface area contributed by atoms with Gasteiger partial charge in [-0.1, -0.05) is 36.4 Å².